The standard InChI is InChI=1S/C11H16O.C9H10N2O3.C2H6/c1-9(2)12-11-8-6-4-5-7-10(11)3;1-14-9-4-7(2-3-8(9)13)5-10-11-6-12;1-2/h4-7,9H,8H2,1-3H3;2-6,13H,1H3,(H,11,12);1-2H3/b;10-5+;. The summed E-state index contributed by atoms with van der Waals surface area (Å²) < 4.78 is 10.6. The Kier molecular flexibility index (Phi) is 13.5. The summed E-state index contributed by atoms with van der Waals surface area (Å²) in [6.07, 6.45) is 11.4. The zero-order valence-electron chi connectivity index (χ0n) is 17.6. The van der Waals surface area contributed by atoms with Crippen LogP contribution in [0.1, 0.15) is 46.6 Å². The molecule has 0 heterocycles. The van der Waals surface area contributed by atoms with Crippen molar-refractivity contribution in [1.82, 2.24) is 5.43 Å². The lowest BCUT2D eigenvalue weighted by molar-refractivity contribution is -0.109. The summed E-state index contributed by atoms with van der Waals surface area (Å²) in [5.74, 6) is 1.52. The number of hydrogen-bond donors (Lipinski definition) is 2. The first-order chi connectivity index (χ1) is 13.5. The number of amides is 1. The molecule has 6 heteroatoms. The van der Waals surface area contributed by atoms with Crippen LogP contribution in [0.3, 0.4) is 0 Å². The number of nitrogens with one attached hydrogen (secondary N) is 1. The molecule has 2 N–H and O–H groups in total. The highest BCUT2D eigenvalue weighted by atomic mass is 16.5. The number of rotatable bonds is 6. The Morgan fingerprint density at radius 2 is 1.96 bits per heavy atom. The van der Waals surface area contributed by atoms with Gasteiger partial charge in [-0.15, -0.1) is 0 Å². The van der Waals surface area contributed by atoms with Gasteiger partial charge in [-0.25, -0.2) is 5.43 Å². The van der Waals surface area contributed by atoms with E-state index in [9.17, 15) is 9.90 Å². The molecule has 0 aliphatic heterocycles. The lowest BCUT2D eigenvalue weighted by atomic mass is 10.2. The molecule has 1 aliphatic rings. The molecule has 0 atom stereocenters. The summed E-state index contributed by atoms with van der Waals surface area (Å²) in [7, 11) is 1.46. The number of nitrogens with zero attached hydrogens (tertiary/aromatic N) is 1. The van der Waals surface area contributed by atoms with E-state index in [0.29, 0.717) is 17.7 Å². The Hall–Kier alpha value is -3.02. The second-order valence-electron chi connectivity index (χ2n) is 5.70. The number of phenolic OH excluding ortho intramolecular Hbond substituents is 1. The number of ether oxygens (including phenoxy) is 2. The smallest absolute Gasteiger partial charge is 0.227 e. The second-order valence-corrected chi connectivity index (χ2v) is 5.70. The Morgan fingerprint density at radius 1 is 1.25 bits per heavy atom. The van der Waals surface area contributed by atoms with Crippen molar-refractivity contribution in [3.8, 4) is 11.5 Å². The van der Waals surface area contributed by atoms with Crippen LogP contribution in [0, 0.1) is 0 Å². The molecule has 0 radical (unpaired) electrons. The third kappa shape index (κ3) is 10.2. The van der Waals surface area contributed by atoms with Crippen molar-refractivity contribution >= 4 is 12.6 Å². The lowest BCUT2D eigenvalue weighted by Crippen LogP contribution is -2.03. The number of methoxy groups -OCH3 is 1. The fourth-order valence-corrected chi connectivity index (χ4v) is 2.05. The Balaban J connectivity index is 0.000000483. The highest BCUT2D eigenvalue weighted by Gasteiger charge is 2.04. The number of carbonyl (C=O) groups is 1. The molecule has 6 nitrogen and oxygen atoms in total. The highest BCUT2D eigenvalue weighted by molar-refractivity contribution is 5.81. The molecule has 2 rings (SSSR count). The van der Waals surface area contributed by atoms with Crippen LogP contribution in [0.15, 0.2) is 58.9 Å². The summed E-state index contributed by atoms with van der Waals surface area (Å²) >= 11 is 0. The molecule has 0 bridgehead atoms. The van der Waals surface area contributed by atoms with E-state index in [0.717, 1.165) is 12.2 Å². The molecule has 0 saturated heterocycles. The monoisotopic (exact) mass is 388 g/mol. The quantitative estimate of drug-likeness (QED) is 0.420. The molecular formula is C22H32N2O4. The van der Waals surface area contributed by atoms with E-state index in [4.69, 9.17) is 9.47 Å². The molecule has 1 aromatic carbocycles. The zero-order chi connectivity index (χ0) is 21.4. The molecule has 0 saturated carbocycles. The van der Waals surface area contributed by atoms with Crippen LogP contribution < -0.4 is 10.2 Å². The van der Waals surface area contributed by atoms with Crippen molar-refractivity contribution in [2.75, 3.05) is 7.11 Å². The minimum Gasteiger partial charge on any atom is -0.504 e. The van der Waals surface area contributed by atoms with Gasteiger partial charge in [0.25, 0.3) is 0 Å². The largest absolute Gasteiger partial charge is 0.504 e. The molecule has 1 aromatic rings. The first-order valence-corrected chi connectivity index (χ1v) is 9.26. The van der Waals surface area contributed by atoms with E-state index in [2.05, 4.69) is 49.5 Å². The number of aromatic hydroxyl groups is 1. The van der Waals surface area contributed by atoms with E-state index in [-0.39, 0.29) is 11.9 Å². The Labute approximate surface area is 168 Å². The molecule has 1 aliphatic carbocycles. The zero-order valence-corrected chi connectivity index (χ0v) is 17.6. The molecule has 0 aromatic heterocycles. The van der Waals surface area contributed by atoms with Crippen molar-refractivity contribution in [1.29, 1.82) is 0 Å². The fourth-order valence-electron chi connectivity index (χ4n) is 2.05. The maximum Gasteiger partial charge on any atom is 0.227 e. The first-order valence-electron chi connectivity index (χ1n) is 9.26. The van der Waals surface area contributed by atoms with Crippen molar-refractivity contribution in [3.63, 3.8) is 0 Å². The molecule has 0 spiro atoms. The van der Waals surface area contributed by atoms with E-state index in [1.165, 1.54) is 25.0 Å². The van der Waals surface area contributed by atoms with E-state index >= 15 is 0 Å². The van der Waals surface area contributed by atoms with E-state index < -0.39 is 0 Å². The topological polar surface area (TPSA) is 80.2 Å². The Morgan fingerprint density at radius 3 is 2.57 bits per heavy atom. The van der Waals surface area contributed by atoms with Crippen LogP contribution in [0.5, 0.6) is 11.5 Å². The van der Waals surface area contributed by atoms with Crippen molar-refractivity contribution in [2.45, 2.75) is 47.1 Å². The fraction of sp³-hybridized carbons (Fsp3) is 0.364. The van der Waals surface area contributed by atoms with Gasteiger partial charge in [0.1, 0.15) is 5.76 Å². The van der Waals surface area contributed by atoms with E-state index in [1.807, 2.05) is 19.9 Å². The predicted molar refractivity (Wildman–Crippen MR) is 115 cm³/mol. The van der Waals surface area contributed by atoms with Crippen molar-refractivity contribution in [2.24, 2.45) is 5.10 Å². The minimum atomic E-state index is 0.0630. The van der Waals surface area contributed by atoms with Gasteiger partial charge in [0.2, 0.25) is 6.41 Å². The molecule has 1 amide bonds. The van der Waals surface area contributed by atoms with Gasteiger partial charge in [-0.05, 0) is 50.1 Å². The summed E-state index contributed by atoms with van der Waals surface area (Å²) in [5, 5.41) is 12.9. The first kappa shape index (κ1) is 25.0. The highest BCUT2D eigenvalue weighted by Crippen LogP contribution is 2.25. The summed E-state index contributed by atoms with van der Waals surface area (Å²) in [4.78, 5) is 9.88. The van der Waals surface area contributed by atoms with Gasteiger partial charge in [0.05, 0.1) is 19.4 Å². The summed E-state index contributed by atoms with van der Waals surface area (Å²) in [6.45, 7) is 10.2. The third-order valence-electron chi connectivity index (χ3n) is 3.26. The minimum absolute atomic E-state index is 0.0630. The number of hydrazone groups is 1. The SMILES string of the molecule is CC.CC1=C(OC(C)C)CC=CC=C1.COc1cc(/C=N/NC=O)ccc1O. The lowest BCUT2D eigenvalue weighted by Gasteiger charge is -2.13. The Bertz CT molecular complexity index is 704. The molecule has 0 fully saturated rings. The maximum absolute atomic E-state index is 9.88. The normalized spacial score (nSPS) is 12.5. The van der Waals surface area contributed by atoms with Gasteiger partial charge < -0.3 is 14.6 Å². The molecule has 0 unspecified atom stereocenters. The number of benzene rings is 1. The predicted octanol–water partition coefficient (Wildman–Crippen LogP) is 4.71. The van der Waals surface area contributed by atoms with Gasteiger partial charge in [-0.2, -0.15) is 5.10 Å². The number of hydrogen-bond acceptors (Lipinski definition) is 5. The molecular weight excluding hydrogens is 356 g/mol. The summed E-state index contributed by atoms with van der Waals surface area (Å²) in [6, 6.07) is 4.74. The van der Waals surface area contributed by atoms with Crippen LogP contribution in [0.4, 0.5) is 0 Å². The molecule has 28 heavy (non-hydrogen) atoms. The second kappa shape index (κ2) is 15.1. The van der Waals surface area contributed by atoms with Crippen LogP contribution in [-0.4, -0.2) is 30.9 Å². The summed E-state index contributed by atoms with van der Waals surface area (Å²) in [5.41, 5.74) is 4.08. The van der Waals surface area contributed by atoms with Gasteiger partial charge in [-0.3, -0.25) is 4.79 Å². The number of carbonyl (C=O) groups excluding carboxylic acids is 1. The third-order valence-corrected chi connectivity index (χ3v) is 3.26. The van der Waals surface area contributed by atoms with Gasteiger partial charge in [0, 0.05) is 6.42 Å². The van der Waals surface area contributed by atoms with Gasteiger partial charge in [-0.1, -0.05) is 38.2 Å². The number of phenols is 1. The van der Waals surface area contributed by atoms with Gasteiger partial charge in [0.15, 0.2) is 11.5 Å². The van der Waals surface area contributed by atoms with Crippen molar-refractivity contribution < 1.29 is 19.4 Å². The maximum atomic E-state index is 9.88. The van der Waals surface area contributed by atoms with Crippen LogP contribution >= 0.6 is 0 Å². The van der Waals surface area contributed by atoms with E-state index in [1.54, 1.807) is 12.1 Å². The van der Waals surface area contributed by atoms with Crippen molar-refractivity contribution in [3.05, 3.63) is 59.4 Å². The number of allylic oxidation sites excluding steroid dienone is 5. The van der Waals surface area contributed by atoms with Gasteiger partial charge >= 0.3 is 0 Å². The average molecular weight is 389 g/mol. The molecule has 154 valence electrons. The average Bonchev–Trinajstić information content (AvgIpc) is 2.89. The van der Waals surface area contributed by atoms with Crippen LogP contribution in [0.2, 0.25) is 0 Å². The van der Waals surface area contributed by atoms with Crippen LogP contribution in [0.25, 0.3) is 0 Å². The van der Waals surface area contributed by atoms with Crippen LogP contribution in [-0.2, 0) is 9.53 Å².